The number of nitrogens with zero attached hydrogens (tertiary/aromatic N) is 2. The first-order chi connectivity index (χ1) is 10.0. The summed E-state index contributed by atoms with van der Waals surface area (Å²) >= 11 is 3.48. The van der Waals surface area contributed by atoms with E-state index >= 15 is 0 Å². The van der Waals surface area contributed by atoms with Gasteiger partial charge in [0.25, 0.3) is 0 Å². The van der Waals surface area contributed by atoms with Crippen LogP contribution in [0.1, 0.15) is 25.1 Å². The summed E-state index contributed by atoms with van der Waals surface area (Å²) in [7, 11) is 0. The van der Waals surface area contributed by atoms with Gasteiger partial charge in [-0.3, -0.25) is 0 Å². The monoisotopic (exact) mass is 349 g/mol. The molecule has 2 rings (SSSR count). The molecule has 0 fully saturated rings. The van der Waals surface area contributed by atoms with Crippen molar-refractivity contribution in [1.29, 1.82) is 0 Å². The van der Waals surface area contributed by atoms with Crippen LogP contribution >= 0.6 is 15.9 Å². The van der Waals surface area contributed by atoms with Crippen molar-refractivity contribution in [3.8, 4) is 11.6 Å². The van der Waals surface area contributed by atoms with E-state index in [-0.39, 0.29) is 0 Å². The highest BCUT2D eigenvalue weighted by Crippen LogP contribution is 2.29. The lowest BCUT2D eigenvalue weighted by Crippen LogP contribution is -2.19. The normalized spacial score (nSPS) is 10.9. The van der Waals surface area contributed by atoms with Crippen LogP contribution < -0.4 is 10.1 Å². The van der Waals surface area contributed by atoms with Crippen molar-refractivity contribution in [2.75, 3.05) is 6.54 Å². The van der Waals surface area contributed by atoms with Crippen molar-refractivity contribution in [1.82, 2.24) is 15.5 Å². The van der Waals surface area contributed by atoms with Crippen molar-refractivity contribution in [3.05, 3.63) is 46.1 Å². The van der Waals surface area contributed by atoms with Crippen LogP contribution in [0, 0.1) is 12.8 Å². The highest BCUT2D eigenvalue weighted by atomic mass is 79.9. The third kappa shape index (κ3) is 5.10. The van der Waals surface area contributed by atoms with E-state index in [9.17, 15) is 0 Å². The van der Waals surface area contributed by atoms with Crippen LogP contribution in [-0.2, 0) is 6.54 Å². The Labute approximate surface area is 134 Å². The number of hydrogen-bond acceptors (Lipinski definition) is 4. The third-order valence-corrected chi connectivity index (χ3v) is 3.48. The van der Waals surface area contributed by atoms with E-state index in [0.29, 0.717) is 11.8 Å². The Balaban J connectivity index is 1.95. The number of benzene rings is 1. The Morgan fingerprint density at radius 1 is 1.19 bits per heavy atom. The standard InChI is InChI=1S/C16H20BrN3O/c1-11(2)9-18-10-13-5-7-16(20-19-13)21-15-6-4-12(3)8-14(15)17/h4-8,11,18H,9-10H2,1-3H3. The van der Waals surface area contributed by atoms with Crippen molar-refractivity contribution < 1.29 is 4.74 Å². The average molecular weight is 350 g/mol. The zero-order valence-electron chi connectivity index (χ0n) is 12.6. The molecule has 0 unspecified atom stereocenters. The van der Waals surface area contributed by atoms with E-state index in [1.54, 1.807) is 0 Å². The molecule has 1 heterocycles. The molecule has 0 atom stereocenters. The van der Waals surface area contributed by atoms with Crippen LogP contribution in [0.25, 0.3) is 0 Å². The van der Waals surface area contributed by atoms with E-state index in [4.69, 9.17) is 4.74 Å². The van der Waals surface area contributed by atoms with Crippen molar-refractivity contribution in [2.24, 2.45) is 5.92 Å². The van der Waals surface area contributed by atoms with Crippen molar-refractivity contribution in [2.45, 2.75) is 27.3 Å². The molecule has 2 aromatic rings. The summed E-state index contributed by atoms with van der Waals surface area (Å²) in [5.74, 6) is 1.85. The molecule has 0 aliphatic heterocycles. The third-order valence-electron chi connectivity index (χ3n) is 2.86. The second-order valence-corrected chi connectivity index (χ2v) is 6.28. The molecule has 0 bridgehead atoms. The van der Waals surface area contributed by atoms with Gasteiger partial charge in [-0.15, -0.1) is 5.10 Å². The summed E-state index contributed by atoms with van der Waals surface area (Å²) in [6, 6.07) is 9.69. The van der Waals surface area contributed by atoms with E-state index in [1.165, 1.54) is 5.56 Å². The molecular weight excluding hydrogens is 330 g/mol. The fourth-order valence-electron chi connectivity index (χ4n) is 1.79. The Bertz CT molecular complexity index is 585. The predicted molar refractivity (Wildman–Crippen MR) is 87.5 cm³/mol. The first-order valence-corrected chi connectivity index (χ1v) is 7.81. The molecule has 1 N–H and O–H groups in total. The van der Waals surface area contributed by atoms with E-state index in [0.717, 1.165) is 29.0 Å². The Hall–Kier alpha value is -1.46. The molecular formula is C16H20BrN3O. The summed E-state index contributed by atoms with van der Waals surface area (Å²) in [5.41, 5.74) is 2.08. The highest BCUT2D eigenvalue weighted by Gasteiger charge is 2.05. The first kappa shape index (κ1) is 15.9. The molecule has 0 radical (unpaired) electrons. The topological polar surface area (TPSA) is 47.0 Å². The number of nitrogens with one attached hydrogen (secondary N) is 1. The smallest absolute Gasteiger partial charge is 0.238 e. The van der Waals surface area contributed by atoms with Gasteiger partial charge < -0.3 is 10.1 Å². The molecule has 1 aromatic carbocycles. The molecule has 5 heteroatoms. The van der Waals surface area contributed by atoms with E-state index in [2.05, 4.69) is 45.3 Å². The largest absolute Gasteiger partial charge is 0.436 e. The lowest BCUT2D eigenvalue weighted by Gasteiger charge is -2.08. The van der Waals surface area contributed by atoms with Crippen LogP contribution in [0.4, 0.5) is 0 Å². The molecule has 1 aromatic heterocycles. The van der Waals surface area contributed by atoms with Crippen LogP contribution in [0.5, 0.6) is 11.6 Å². The molecule has 21 heavy (non-hydrogen) atoms. The number of hydrogen-bond donors (Lipinski definition) is 1. The summed E-state index contributed by atoms with van der Waals surface area (Å²) in [6.45, 7) is 8.08. The zero-order chi connectivity index (χ0) is 15.2. The maximum absolute atomic E-state index is 5.72. The first-order valence-electron chi connectivity index (χ1n) is 7.02. The number of ether oxygens (including phenoxy) is 1. The molecule has 4 nitrogen and oxygen atoms in total. The molecule has 0 aliphatic rings. The predicted octanol–water partition coefficient (Wildman–Crippen LogP) is 4.09. The van der Waals surface area contributed by atoms with Crippen molar-refractivity contribution in [3.63, 3.8) is 0 Å². The van der Waals surface area contributed by atoms with Crippen LogP contribution in [-0.4, -0.2) is 16.7 Å². The number of aryl methyl sites for hydroxylation is 1. The second kappa shape index (κ2) is 7.52. The minimum absolute atomic E-state index is 0.493. The Morgan fingerprint density at radius 3 is 2.62 bits per heavy atom. The lowest BCUT2D eigenvalue weighted by atomic mass is 10.2. The maximum Gasteiger partial charge on any atom is 0.238 e. The highest BCUT2D eigenvalue weighted by molar-refractivity contribution is 9.10. The summed E-state index contributed by atoms with van der Waals surface area (Å²) in [5, 5.41) is 11.6. The molecule has 0 spiro atoms. The van der Waals surface area contributed by atoms with Gasteiger partial charge in [-0.05, 0) is 59.1 Å². The molecule has 0 saturated heterocycles. The summed E-state index contributed by atoms with van der Waals surface area (Å²) < 4.78 is 6.63. The van der Waals surface area contributed by atoms with Crippen LogP contribution in [0.15, 0.2) is 34.8 Å². The van der Waals surface area contributed by atoms with E-state index in [1.807, 2.05) is 37.3 Å². The van der Waals surface area contributed by atoms with Gasteiger partial charge in [-0.25, -0.2) is 0 Å². The minimum Gasteiger partial charge on any atom is -0.436 e. The van der Waals surface area contributed by atoms with Gasteiger partial charge in [0, 0.05) is 12.6 Å². The van der Waals surface area contributed by atoms with Crippen LogP contribution in [0.3, 0.4) is 0 Å². The average Bonchev–Trinajstić information content (AvgIpc) is 2.43. The van der Waals surface area contributed by atoms with Crippen LogP contribution in [0.2, 0.25) is 0 Å². The quantitative estimate of drug-likeness (QED) is 0.853. The zero-order valence-corrected chi connectivity index (χ0v) is 14.1. The number of aromatic nitrogens is 2. The molecule has 0 aliphatic carbocycles. The lowest BCUT2D eigenvalue weighted by molar-refractivity contribution is 0.449. The fourth-order valence-corrected chi connectivity index (χ4v) is 2.36. The SMILES string of the molecule is Cc1ccc(Oc2ccc(CNCC(C)C)nn2)c(Br)c1. The van der Waals surface area contributed by atoms with Gasteiger partial charge >= 0.3 is 0 Å². The van der Waals surface area contributed by atoms with Crippen molar-refractivity contribution >= 4 is 15.9 Å². The Kier molecular flexibility index (Phi) is 5.70. The van der Waals surface area contributed by atoms with Gasteiger partial charge in [0.1, 0.15) is 5.75 Å². The second-order valence-electron chi connectivity index (χ2n) is 5.42. The van der Waals surface area contributed by atoms with E-state index < -0.39 is 0 Å². The maximum atomic E-state index is 5.72. The minimum atomic E-state index is 0.493. The van der Waals surface area contributed by atoms with Gasteiger partial charge in [0.2, 0.25) is 5.88 Å². The van der Waals surface area contributed by atoms with Gasteiger partial charge in [-0.2, -0.15) is 5.10 Å². The molecule has 112 valence electrons. The van der Waals surface area contributed by atoms with Gasteiger partial charge in [0.15, 0.2) is 0 Å². The number of halogens is 1. The molecule has 0 saturated carbocycles. The number of rotatable bonds is 6. The Morgan fingerprint density at radius 2 is 2.00 bits per heavy atom. The summed E-state index contributed by atoms with van der Waals surface area (Å²) in [4.78, 5) is 0. The fraction of sp³-hybridized carbons (Fsp3) is 0.375. The van der Waals surface area contributed by atoms with Gasteiger partial charge in [0.05, 0.1) is 10.2 Å². The summed E-state index contributed by atoms with van der Waals surface area (Å²) in [6.07, 6.45) is 0. The van der Waals surface area contributed by atoms with Gasteiger partial charge in [-0.1, -0.05) is 19.9 Å². The molecule has 0 amide bonds.